The summed E-state index contributed by atoms with van der Waals surface area (Å²) in [5.74, 6) is 0.728. The molecule has 0 N–H and O–H groups in total. The Kier molecular flexibility index (Phi) is 6.32. The van der Waals surface area contributed by atoms with Gasteiger partial charge in [-0.2, -0.15) is 0 Å². The molecule has 7 aromatic carbocycles. The zero-order chi connectivity index (χ0) is 34.4. The van der Waals surface area contributed by atoms with Crippen LogP contribution in [0.15, 0.2) is 180 Å². The molecule has 0 saturated carbocycles. The van der Waals surface area contributed by atoms with Gasteiger partial charge in [-0.3, -0.25) is 0 Å². The molecule has 4 heteroatoms. The first kappa shape index (κ1) is 29.5. The number of benzene rings is 7. The van der Waals surface area contributed by atoms with E-state index < -0.39 is 5.41 Å². The van der Waals surface area contributed by atoms with Crippen molar-refractivity contribution >= 4 is 33.6 Å². The maximum atomic E-state index is 5.42. The highest BCUT2D eigenvalue weighted by Crippen LogP contribution is 2.61. The average Bonchev–Trinajstić information content (AvgIpc) is 3.55. The van der Waals surface area contributed by atoms with Crippen LogP contribution in [0.3, 0.4) is 0 Å². The SMILES string of the molecule is Cc1c(-c2ccccc2)nc(-c2ccccc2)nc1-c1cccc2c1Sc1ccccc1C21c2ccccc2-n2c3ccccc3c3cccc1c32. The number of aromatic nitrogens is 3. The fraction of sp³-hybridized carbons (Fsp3) is 0.0417. The average molecular weight is 682 g/mol. The summed E-state index contributed by atoms with van der Waals surface area (Å²) in [5, 5.41) is 2.55. The summed E-state index contributed by atoms with van der Waals surface area (Å²) in [6.07, 6.45) is 0. The summed E-state index contributed by atoms with van der Waals surface area (Å²) in [5.41, 5.74) is 14.6. The number of rotatable bonds is 3. The molecule has 4 heterocycles. The van der Waals surface area contributed by atoms with Gasteiger partial charge in [0.2, 0.25) is 0 Å². The molecule has 0 aliphatic carbocycles. The van der Waals surface area contributed by atoms with Crippen LogP contribution in [0, 0.1) is 6.92 Å². The van der Waals surface area contributed by atoms with E-state index in [0.717, 1.165) is 39.5 Å². The van der Waals surface area contributed by atoms with E-state index in [0.29, 0.717) is 0 Å². The maximum Gasteiger partial charge on any atom is 0.160 e. The Morgan fingerprint density at radius 1 is 0.500 bits per heavy atom. The van der Waals surface area contributed by atoms with Crippen LogP contribution in [0.5, 0.6) is 0 Å². The van der Waals surface area contributed by atoms with Crippen LogP contribution >= 0.6 is 11.8 Å². The van der Waals surface area contributed by atoms with Crippen LogP contribution in [-0.2, 0) is 5.41 Å². The van der Waals surface area contributed by atoms with Crippen LogP contribution in [0.1, 0.15) is 27.8 Å². The van der Waals surface area contributed by atoms with Gasteiger partial charge < -0.3 is 4.57 Å². The Labute approximate surface area is 306 Å². The van der Waals surface area contributed by atoms with Gasteiger partial charge in [0.1, 0.15) is 0 Å². The third-order valence-electron chi connectivity index (χ3n) is 11.1. The van der Waals surface area contributed by atoms with Crippen molar-refractivity contribution in [2.45, 2.75) is 22.1 Å². The molecule has 52 heavy (non-hydrogen) atoms. The molecule has 0 saturated heterocycles. The van der Waals surface area contributed by atoms with Crippen molar-refractivity contribution in [3.05, 3.63) is 198 Å². The minimum atomic E-state index is -0.556. The first-order valence-electron chi connectivity index (χ1n) is 17.8. The molecule has 2 aliphatic rings. The van der Waals surface area contributed by atoms with Gasteiger partial charge in [0.25, 0.3) is 0 Å². The minimum Gasteiger partial charge on any atom is -0.309 e. The highest BCUT2D eigenvalue weighted by Gasteiger charge is 2.49. The van der Waals surface area contributed by atoms with Crippen molar-refractivity contribution in [1.29, 1.82) is 0 Å². The summed E-state index contributed by atoms with van der Waals surface area (Å²) in [4.78, 5) is 13.1. The predicted molar refractivity (Wildman–Crippen MR) is 213 cm³/mol. The van der Waals surface area contributed by atoms with E-state index in [9.17, 15) is 0 Å². The molecule has 0 fully saturated rings. The second-order valence-electron chi connectivity index (χ2n) is 13.7. The van der Waals surface area contributed by atoms with Gasteiger partial charge in [-0.25, -0.2) is 9.97 Å². The van der Waals surface area contributed by atoms with Gasteiger partial charge in [-0.05, 0) is 47.4 Å². The van der Waals surface area contributed by atoms with Gasteiger partial charge in [0.15, 0.2) is 5.82 Å². The second kappa shape index (κ2) is 11.1. The van der Waals surface area contributed by atoms with E-state index in [1.54, 1.807) is 0 Å². The standard InChI is InChI=1S/C48H31N3S/c1-30-43(31-16-4-2-5-17-31)49-47(32-18-6-3-7-19-32)50-44(30)35-22-15-26-39-46(35)52-42-29-13-10-24-37(42)48(39)36-23-9-12-28-41(36)51-40-27-11-8-20-33(40)34-21-14-25-38(48)45(34)51/h2-29H,1H3. The lowest BCUT2D eigenvalue weighted by molar-refractivity contribution is 0.690. The van der Waals surface area contributed by atoms with Gasteiger partial charge >= 0.3 is 0 Å². The predicted octanol–water partition coefficient (Wildman–Crippen LogP) is 12.0. The van der Waals surface area contributed by atoms with E-state index in [4.69, 9.17) is 9.97 Å². The third kappa shape index (κ3) is 3.93. The van der Waals surface area contributed by atoms with Gasteiger partial charge in [-0.1, -0.05) is 163 Å². The summed E-state index contributed by atoms with van der Waals surface area (Å²) >= 11 is 1.87. The fourth-order valence-corrected chi connectivity index (χ4v) is 10.2. The molecule has 244 valence electrons. The molecular formula is C48H31N3S. The molecule has 11 rings (SSSR count). The largest absolute Gasteiger partial charge is 0.309 e. The quantitative estimate of drug-likeness (QED) is 0.186. The number of para-hydroxylation sites is 3. The van der Waals surface area contributed by atoms with Gasteiger partial charge in [0.05, 0.1) is 33.5 Å². The zero-order valence-corrected chi connectivity index (χ0v) is 29.2. The van der Waals surface area contributed by atoms with Crippen LogP contribution in [-0.4, -0.2) is 14.5 Å². The van der Waals surface area contributed by atoms with Crippen molar-refractivity contribution in [3.63, 3.8) is 0 Å². The molecular weight excluding hydrogens is 651 g/mol. The van der Waals surface area contributed by atoms with Crippen LogP contribution in [0.4, 0.5) is 0 Å². The monoisotopic (exact) mass is 681 g/mol. The second-order valence-corrected chi connectivity index (χ2v) is 14.8. The van der Waals surface area contributed by atoms with Crippen LogP contribution in [0.2, 0.25) is 0 Å². The molecule has 0 radical (unpaired) electrons. The van der Waals surface area contributed by atoms with Crippen molar-refractivity contribution in [2.24, 2.45) is 0 Å². The van der Waals surface area contributed by atoms with Crippen LogP contribution in [0.25, 0.3) is 61.4 Å². The highest BCUT2D eigenvalue weighted by molar-refractivity contribution is 7.99. The van der Waals surface area contributed by atoms with E-state index in [2.05, 4.69) is 175 Å². The van der Waals surface area contributed by atoms with E-state index in [-0.39, 0.29) is 0 Å². The lowest BCUT2D eigenvalue weighted by Gasteiger charge is -2.45. The normalized spacial score (nSPS) is 15.4. The summed E-state index contributed by atoms with van der Waals surface area (Å²) in [6, 6.07) is 61.6. The molecule has 9 aromatic rings. The highest BCUT2D eigenvalue weighted by atomic mass is 32.2. The number of hydrogen-bond acceptors (Lipinski definition) is 3. The van der Waals surface area contributed by atoms with Crippen molar-refractivity contribution < 1.29 is 0 Å². The molecule has 1 spiro atoms. The third-order valence-corrected chi connectivity index (χ3v) is 12.3. The summed E-state index contributed by atoms with van der Waals surface area (Å²) < 4.78 is 2.50. The summed E-state index contributed by atoms with van der Waals surface area (Å²) in [7, 11) is 0. The Bertz CT molecular complexity index is 2890. The van der Waals surface area contributed by atoms with E-state index >= 15 is 0 Å². The molecule has 1 unspecified atom stereocenters. The maximum absolute atomic E-state index is 5.42. The zero-order valence-electron chi connectivity index (χ0n) is 28.4. The van der Waals surface area contributed by atoms with Crippen molar-refractivity contribution in [2.75, 3.05) is 0 Å². The lowest BCUT2D eigenvalue weighted by Crippen LogP contribution is -2.37. The molecule has 2 aromatic heterocycles. The Hall–Kier alpha value is -6.23. The van der Waals surface area contributed by atoms with Crippen molar-refractivity contribution in [3.8, 4) is 39.6 Å². The first-order chi connectivity index (χ1) is 25.7. The van der Waals surface area contributed by atoms with Gasteiger partial charge in [-0.15, -0.1) is 0 Å². The Balaban J connectivity index is 1.27. The molecule has 3 nitrogen and oxygen atoms in total. The Morgan fingerprint density at radius 3 is 1.96 bits per heavy atom. The van der Waals surface area contributed by atoms with E-state index in [1.165, 1.54) is 59.5 Å². The Morgan fingerprint density at radius 2 is 1.12 bits per heavy atom. The number of nitrogens with zero attached hydrogens (tertiary/aromatic N) is 3. The number of fused-ring (bicyclic) bond motifs is 11. The smallest absolute Gasteiger partial charge is 0.160 e. The fourth-order valence-electron chi connectivity index (χ4n) is 8.90. The van der Waals surface area contributed by atoms with Crippen molar-refractivity contribution in [1.82, 2.24) is 14.5 Å². The minimum absolute atomic E-state index is 0.556. The topological polar surface area (TPSA) is 30.7 Å². The molecule has 0 amide bonds. The molecule has 1 atom stereocenters. The van der Waals surface area contributed by atoms with Gasteiger partial charge in [0, 0.05) is 42.8 Å². The molecule has 2 aliphatic heterocycles. The van der Waals surface area contributed by atoms with E-state index in [1.807, 2.05) is 17.8 Å². The first-order valence-corrected chi connectivity index (χ1v) is 18.6. The van der Waals surface area contributed by atoms with Crippen LogP contribution < -0.4 is 0 Å². The molecule has 0 bridgehead atoms. The number of hydrogen-bond donors (Lipinski definition) is 0. The summed E-state index contributed by atoms with van der Waals surface area (Å²) in [6.45, 7) is 2.18. The lowest BCUT2D eigenvalue weighted by atomic mass is 9.62.